The van der Waals surface area contributed by atoms with Gasteiger partial charge in [0, 0.05) is 12.8 Å². The third-order valence-electron chi connectivity index (χ3n) is 1.10. The van der Waals surface area contributed by atoms with Gasteiger partial charge in [-0.3, -0.25) is 0 Å². The maximum atomic E-state index is 8.96. The van der Waals surface area contributed by atoms with Gasteiger partial charge in [-0.25, -0.2) is 0 Å². The monoisotopic (exact) mass is 138 g/mol. The highest BCUT2D eigenvalue weighted by atomic mass is 16.3. The van der Waals surface area contributed by atoms with E-state index in [2.05, 4.69) is 11.8 Å². The van der Waals surface area contributed by atoms with Crippen LogP contribution in [0.2, 0.25) is 0 Å². The van der Waals surface area contributed by atoms with Crippen molar-refractivity contribution in [2.24, 2.45) is 0 Å². The first-order valence-electron chi connectivity index (χ1n) is 2.95. The second kappa shape index (κ2) is 4.88. The van der Waals surface area contributed by atoms with E-state index in [1.54, 1.807) is 0 Å². The molecule has 0 fully saturated rings. The molecule has 0 aliphatic heterocycles. The van der Waals surface area contributed by atoms with Crippen LogP contribution in [-0.4, -0.2) is 22.4 Å². The van der Waals surface area contributed by atoms with Crippen LogP contribution in [0.4, 0.5) is 0 Å². The second-order valence-electron chi connectivity index (χ2n) is 1.95. The van der Waals surface area contributed by atoms with E-state index in [4.69, 9.17) is 23.1 Å². The van der Waals surface area contributed by atoms with E-state index in [0.717, 1.165) is 0 Å². The molecule has 0 saturated carbocycles. The van der Waals surface area contributed by atoms with Crippen LogP contribution in [-0.2, 0) is 0 Å². The highest BCUT2D eigenvalue weighted by molar-refractivity contribution is 4.94. The number of terminal acetylenes is 2. The largest absolute Gasteiger partial charge is 0.389 e. The third kappa shape index (κ3) is 3.14. The maximum absolute atomic E-state index is 8.96. The predicted molar refractivity (Wildman–Crippen MR) is 38.9 cm³/mol. The number of rotatable bonds is 3. The first-order valence-corrected chi connectivity index (χ1v) is 2.95. The average molecular weight is 138 g/mol. The predicted octanol–water partition coefficient (Wildman–Crippen LogP) is -0.245. The molecule has 0 aliphatic carbocycles. The van der Waals surface area contributed by atoms with E-state index in [1.165, 1.54) is 0 Å². The van der Waals surface area contributed by atoms with Crippen LogP contribution in [0.3, 0.4) is 0 Å². The van der Waals surface area contributed by atoms with Crippen molar-refractivity contribution < 1.29 is 10.2 Å². The van der Waals surface area contributed by atoms with Crippen LogP contribution in [0.5, 0.6) is 0 Å². The van der Waals surface area contributed by atoms with Crippen molar-refractivity contribution >= 4 is 0 Å². The molecule has 0 heterocycles. The van der Waals surface area contributed by atoms with Gasteiger partial charge < -0.3 is 10.2 Å². The van der Waals surface area contributed by atoms with Crippen molar-refractivity contribution in [1.82, 2.24) is 0 Å². The van der Waals surface area contributed by atoms with Crippen molar-refractivity contribution in [3.05, 3.63) is 0 Å². The Morgan fingerprint density at radius 3 is 1.50 bits per heavy atom. The minimum absolute atomic E-state index is 0.142. The van der Waals surface area contributed by atoms with Gasteiger partial charge in [-0.1, -0.05) is 0 Å². The molecule has 0 unspecified atom stereocenters. The van der Waals surface area contributed by atoms with Crippen molar-refractivity contribution in [2.45, 2.75) is 25.0 Å². The number of hydrogen-bond acceptors (Lipinski definition) is 2. The molecule has 10 heavy (non-hydrogen) atoms. The number of hydrogen-bond donors (Lipinski definition) is 2. The fourth-order valence-electron chi connectivity index (χ4n) is 0.514. The molecule has 0 aliphatic rings. The van der Waals surface area contributed by atoms with Gasteiger partial charge in [-0.2, -0.15) is 0 Å². The van der Waals surface area contributed by atoms with Gasteiger partial charge in [-0.15, -0.1) is 24.7 Å². The van der Waals surface area contributed by atoms with Crippen molar-refractivity contribution in [1.29, 1.82) is 0 Å². The van der Waals surface area contributed by atoms with Crippen LogP contribution >= 0.6 is 0 Å². The molecule has 0 amide bonds. The zero-order valence-electron chi connectivity index (χ0n) is 5.62. The Balaban J connectivity index is 3.63. The van der Waals surface area contributed by atoms with Crippen LogP contribution in [0.25, 0.3) is 0 Å². The summed E-state index contributed by atoms with van der Waals surface area (Å²) in [5, 5.41) is 17.9. The molecule has 2 atom stereocenters. The molecule has 0 bridgehead atoms. The lowest BCUT2D eigenvalue weighted by molar-refractivity contribution is 0.0264. The summed E-state index contributed by atoms with van der Waals surface area (Å²) >= 11 is 0. The summed E-state index contributed by atoms with van der Waals surface area (Å²) in [5.74, 6) is 4.46. The minimum Gasteiger partial charge on any atom is -0.389 e. The molecular weight excluding hydrogens is 128 g/mol. The van der Waals surface area contributed by atoms with Gasteiger partial charge in [0.2, 0.25) is 0 Å². The average Bonchev–Trinajstić information content (AvgIpc) is 1.89. The molecule has 0 saturated heterocycles. The van der Waals surface area contributed by atoms with E-state index in [1.807, 2.05) is 0 Å². The van der Waals surface area contributed by atoms with E-state index in [-0.39, 0.29) is 12.8 Å². The lowest BCUT2D eigenvalue weighted by Crippen LogP contribution is -2.24. The second-order valence-corrected chi connectivity index (χ2v) is 1.95. The molecule has 2 heteroatoms. The summed E-state index contributed by atoms with van der Waals surface area (Å²) < 4.78 is 0. The van der Waals surface area contributed by atoms with Crippen molar-refractivity contribution in [2.75, 3.05) is 0 Å². The summed E-state index contributed by atoms with van der Waals surface area (Å²) in [4.78, 5) is 0. The van der Waals surface area contributed by atoms with Crippen LogP contribution in [0.1, 0.15) is 12.8 Å². The smallest absolute Gasteiger partial charge is 0.0917 e. The van der Waals surface area contributed by atoms with Crippen molar-refractivity contribution in [3.63, 3.8) is 0 Å². The molecular formula is C8H10O2. The lowest BCUT2D eigenvalue weighted by atomic mass is 10.1. The van der Waals surface area contributed by atoms with Gasteiger partial charge in [0.1, 0.15) is 0 Å². The van der Waals surface area contributed by atoms with Crippen LogP contribution < -0.4 is 0 Å². The van der Waals surface area contributed by atoms with Gasteiger partial charge in [0.25, 0.3) is 0 Å². The zero-order chi connectivity index (χ0) is 7.98. The standard InChI is InChI=1S/C8H10O2/c1-3-5-7(9)8(10)6-4-2/h1-2,7-10H,5-6H2/t7-,8-/m0/s1. The highest BCUT2D eigenvalue weighted by Gasteiger charge is 2.12. The van der Waals surface area contributed by atoms with Crippen molar-refractivity contribution in [3.8, 4) is 24.7 Å². The highest BCUT2D eigenvalue weighted by Crippen LogP contribution is 2.00. The lowest BCUT2D eigenvalue weighted by Gasteiger charge is -2.11. The fraction of sp³-hybridized carbons (Fsp3) is 0.500. The van der Waals surface area contributed by atoms with Crippen LogP contribution in [0.15, 0.2) is 0 Å². The Bertz CT molecular complexity index is 141. The first-order chi connectivity index (χ1) is 4.72. The van der Waals surface area contributed by atoms with Gasteiger partial charge in [0.05, 0.1) is 12.2 Å². The third-order valence-corrected chi connectivity index (χ3v) is 1.10. The van der Waals surface area contributed by atoms with Gasteiger partial charge in [-0.05, 0) is 0 Å². The Hall–Kier alpha value is -0.960. The molecule has 0 radical (unpaired) electrons. The topological polar surface area (TPSA) is 40.5 Å². The Morgan fingerprint density at radius 2 is 1.30 bits per heavy atom. The Kier molecular flexibility index (Phi) is 4.41. The Morgan fingerprint density at radius 1 is 1.00 bits per heavy atom. The quantitative estimate of drug-likeness (QED) is 0.528. The van der Waals surface area contributed by atoms with Gasteiger partial charge >= 0.3 is 0 Å². The molecule has 2 nitrogen and oxygen atoms in total. The molecule has 54 valence electrons. The molecule has 2 N–H and O–H groups in total. The van der Waals surface area contributed by atoms with E-state index in [9.17, 15) is 0 Å². The first kappa shape index (κ1) is 9.04. The number of aliphatic hydroxyl groups is 2. The SMILES string of the molecule is C#CC[C@H](O)[C@@H](O)CC#C. The summed E-state index contributed by atoms with van der Waals surface area (Å²) in [6.07, 6.45) is 8.29. The molecule has 0 aromatic heterocycles. The summed E-state index contributed by atoms with van der Waals surface area (Å²) in [5.41, 5.74) is 0. The minimum atomic E-state index is -0.888. The number of aliphatic hydroxyl groups excluding tert-OH is 2. The Labute approximate surface area is 60.9 Å². The summed E-state index contributed by atoms with van der Waals surface area (Å²) in [7, 11) is 0. The van der Waals surface area contributed by atoms with E-state index >= 15 is 0 Å². The molecule has 0 spiro atoms. The normalized spacial score (nSPS) is 14.8. The fourth-order valence-corrected chi connectivity index (χ4v) is 0.514. The van der Waals surface area contributed by atoms with Crippen LogP contribution in [0, 0.1) is 24.7 Å². The molecule has 0 aromatic carbocycles. The van der Waals surface area contributed by atoms with E-state index in [0.29, 0.717) is 0 Å². The summed E-state index contributed by atoms with van der Waals surface area (Å²) in [6.45, 7) is 0. The molecule has 0 rings (SSSR count). The maximum Gasteiger partial charge on any atom is 0.0917 e. The summed E-state index contributed by atoms with van der Waals surface area (Å²) in [6, 6.07) is 0. The zero-order valence-corrected chi connectivity index (χ0v) is 5.62. The van der Waals surface area contributed by atoms with Gasteiger partial charge in [0.15, 0.2) is 0 Å². The van der Waals surface area contributed by atoms with E-state index < -0.39 is 12.2 Å². The molecule has 0 aromatic rings.